The Hall–Kier alpha value is -2.99. The molecule has 10 unspecified atom stereocenters. The predicted molar refractivity (Wildman–Crippen MR) is 213 cm³/mol. The minimum absolute atomic E-state index is 0.0449. The van der Waals surface area contributed by atoms with E-state index < -0.39 is 30.1 Å². The van der Waals surface area contributed by atoms with Gasteiger partial charge in [0.2, 0.25) is 0 Å². The number of carbonyl (C=O) groups is 1. The van der Waals surface area contributed by atoms with Crippen LogP contribution in [-0.2, 0) is 22.4 Å². The molecule has 1 aliphatic heterocycles. The lowest BCUT2D eigenvalue weighted by Crippen LogP contribution is -2.65. The second-order valence-electron chi connectivity index (χ2n) is 16.4. The van der Waals surface area contributed by atoms with Gasteiger partial charge in [0.1, 0.15) is 19.3 Å². The van der Waals surface area contributed by atoms with Gasteiger partial charge in [-0.05, 0) is 131 Å². The molecule has 0 amide bonds. The Kier molecular flexibility index (Phi) is 14.6. The molecule has 1 heterocycles. The van der Waals surface area contributed by atoms with Crippen molar-refractivity contribution in [3.8, 4) is 0 Å². The summed E-state index contributed by atoms with van der Waals surface area (Å²) in [6.07, 6.45) is 16.1. The van der Waals surface area contributed by atoms with E-state index in [4.69, 9.17) is 4.74 Å². The van der Waals surface area contributed by atoms with Crippen LogP contribution in [-0.4, -0.2) is 89.4 Å². The van der Waals surface area contributed by atoms with E-state index in [-0.39, 0.29) is 48.8 Å². The lowest BCUT2D eigenvalue weighted by atomic mass is 9.45. The van der Waals surface area contributed by atoms with Crippen molar-refractivity contribution in [2.45, 2.75) is 96.1 Å². The number of aliphatic hydroxyl groups excluding tert-OH is 4. The van der Waals surface area contributed by atoms with Crippen molar-refractivity contribution >= 4 is 6.29 Å². The third-order valence-corrected chi connectivity index (χ3v) is 13.0. The number of rotatable bonds is 13. The highest BCUT2D eigenvalue weighted by atomic mass is 16.6. The van der Waals surface area contributed by atoms with Crippen LogP contribution in [0.4, 0.5) is 0 Å². The van der Waals surface area contributed by atoms with Crippen LogP contribution in [0.25, 0.3) is 0 Å². The van der Waals surface area contributed by atoms with E-state index in [1.54, 1.807) is 0 Å². The highest BCUT2D eigenvalue weighted by Gasteiger charge is 2.68. The number of benzene rings is 1. The number of hydrogen-bond acceptors (Lipinski definition) is 9. The first-order valence-electron chi connectivity index (χ1n) is 19.9. The fourth-order valence-corrected chi connectivity index (χ4v) is 10.3. The Morgan fingerprint density at radius 1 is 1.17 bits per heavy atom. The van der Waals surface area contributed by atoms with E-state index in [1.165, 1.54) is 11.1 Å². The summed E-state index contributed by atoms with van der Waals surface area (Å²) < 4.78 is 5.58. The van der Waals surface area contributed by atoms with E-state index in [1.807, 2.05) is 39.1 Å². The molecule has 2 fully saturated rings. The number of allylic oxidation sites excluding steroid dienone is 9. The van der Waals surface area contributed by atoms with Gasteiger partial charge in [-0.15, -0.1) is 0 Å². The summed E-state index contributed by atoms with van der Waals surface area (Å²) in [5, 5.41) is 62.7. The Morgan fingerprint density at radius 2 is 1.93 bits per heavy atom. The molecule has 9 nitrogen and oxygen atoms in total. The van der Waals surface area contributed by atoms with Crippen LogP contribution in [0.1, 0.15) is 70.4 Å². The summed E-state index contributed by atoms with van der Waals surface area (Å²) >= 11 is 0. The highest BCUT2D eigenvalue weighted by molar-refractivity contribution is 5.74. The molecule has 4 aliphatic rings. The smallest absolute Gasteiger partial charge is 0.145 e. The molecule has 5 rings (SSSR count). The average molecular weight is 745 g/mol. The molecule has 7 N–H and O–H groups in total. The molecule has 4 bridgehead atoms. The fraction of sp³-hybridized carbons (Fsp3) is 0.578. The molecular formula is C45H64N2O7. The van der Waals surface area contributed by atoms with Crippen molar-refractivity contribution in [3.05, 3.63) is 106 Å². The molecule has 296 valence electrons. The summed E-state index contributed by atoms with van der Waals surface area (Å²) in [6.45, 7) is 10.5. The Morgan fingerprint density at radius 3 is 2.63 bits per heavy atom. The van der Waals surface area contributed by atoms with Crippen LogP contribution in [0, 0.1) is 35.0 Å². The minimum atomic E-state index is -1.24. The molecule has 1 aromatic carbocycles. The molecule has 0 aromatic heterocycles. The van der Waals surface area contributed by atoms with Crippen molar-refractivity contribution in [3.63, 3.8) is 0 Å². The zero-order chi connectivity index (χ0) is 39.0. The SMILES string of the molecule is C=C(C=CC=C(COCO)C1CCC2(C1O)C1C(=C(C)C=O)C(C=CC1CCO)CC2(O)CCNC)C1CC=C(C)C(O)NC(C)Cc2cccc(c2)C1. The Bertz CT molecular complexity index is 1630. The number of aldehydes is 1. The van der Waals surface area contributed by atoms with Crippen LogP contribution in [0.15, 0.2) is 95.2 Å². The van der Waals surface area contributed by atoms with Crippen molar-refractivity contribution in [1.82, 2.24) is 10.6 Å². The van der Waals surface area contributed by atoms with Crippen molar-refractivity contribution in [2.24, 2.45) is 35.0 Å². The fourth-order valence-electron chi connectivity index (χ4n) is 10.3. The standard InChI is InChI=1S/C45H64N2O7/c1-29(36-13-12-30(2)43(52)47-32(4)22-33-9-7-10-34(23-33)24-36)8-6-11-38(27-54-28-50)39-16-18-45(42(39)51)41-35(17-21-48)14-15-37(40(41)31(3)26-49)25-44(45,53)19-20-46-5/h6-12,14-15,23,26,32,35-37,39,41-43,46-48,50-53H,1,13,16-22,24-25,27-28H2,2-5H3. The highest BCUT2D eigenvalue weighted by Crippen LogP contribution is 2.67. The molecular weight excluding hydrogens is 681 g/mol. The van der Waals surface area contributed by atoms with Crippen LogP contribution >= 0.6 is 0 Å². The van der Waals surface area contributed by atoms with Crippen LogP contribution < -0.4 is 10.6 Å². The molecule has 2 saturated carbocycles. The van der Waals surface area contributed by atoms with E-state index in [0.29, 0.717) is 50.6 Å². The van der Waals surface area contributed by atoms with Crippen molar-refractivity contribution < 1.29 is 35.1 Å². The second kappa shape index (κ2) is 18.8. The number of fused-ring (bicyclic) bond motifs is 5. The molecule has 0 saturated heterocycles. The molecule has 54 heavy (non-hydrogen) atoms. The topological polar surface area (TPSA) is 152 Å². The van der Waals surface area contributed by atoms with E-state index in [0.717, 1.165) is 41.4 Å². The number of nitrogens with one attached hydrogen (secondary N) is 2. The molecule has 9 heteroatoms. The first kappa shape index (κ1) is 42.2. The quantitative estimate of drug-likeness (QED) is 0.0494. The van der Waals surface area contributed by atoms with E-state index in [2.05, 4.69) is 66.6 Å². The number of aliphatic hydroxyl groups is 5. The minimum Gasteiger partial charge on any atom is -0.396 e. The van der Waals surface area contributed by atoms with Gasteiger partial charge < -0.3 is 35.6 Å². The Labute approximate surface area is 322 Å². The maximum atomic E-state index is 12.8. The predicted octanol–water partition coefficient (Wildman–Crippen LogP) is 4.86. The van der Waals surface area contributed by atoms with Crippen LogP contribution in [0.3, 0.4) is 0 Å². The molecule has 10 atom stereocenters. The summed E-state index contributed by atoms with van der Waals surface area (Å²) in [5.74, 6) is -0.913. The molecule has 3 aliphatic carbocycles. The zero-order valence-electron chi connectivity index (χ0n) is 32.7. The normalized spacial score (nSPS) is 35.4. The van der Waals surface area contributed by atoms with Gasteiger partial charge in [0, 0.05) is 29.9 Å². The van der Waals surface area contributed by atoms with Crippen molar-refractivity contribution in [1.29, 1.82) is 0 Å². The number of hydrogen-bond donors (Lipinski definition) is 7. The molecule has 0 radical (unpaired) electrons. The van der Waals surface area contributed by atoms with Gasteiger partial charge in [0.15, 0.2) is 0 Å². The third-order valence-electron chi connectivity index (χ3n) is 13.0. The summed E-state index contributed by atoms with van der Waals surface area (Å²) in [5.41, 5.74) is 4.44. The van der Waals surface area contributed by atoms with Crippen molar-refractivity contribution in [2.75, 3.05) is 33.6 Å². The van der Waals surface area contributed by atoms with Gasteiger partial charge in [-0.25, -0.2) is 0 Å². The monoisotopic (exact) mass is 744 g/mol. The summed E-state index contributed by atoms with van der Waals surface area (Å²) in [7, 11) is 1.86. The summed E-state index contributed by atoms with van der Waals surface area (Å²) in [4.78, 5) is 12.3. The number of carbonyl (C=O) groups excluding carboxylic acids is 1. The maximum Gasteiger partial charge on any atom is 0.145 e. The van der Waals surface area contributed by atoms with Crippen LogP contribution in [0.2, 0.25) is 0 Å². The van der Waals surface area contributed by atoms with E-state index in [9.17, 15) is 30.3 Å². The van der Waals surface area contributed by atoms with Gasteiger partial charge in [-0.1, -0.05) is 78.4 Å². The lowest BCUT2D eigenvalue weighted by molar-refractivity contribution is -0.194. The Balaban J connectivity index is 1.49. The van der Waals surface area contributed by atoms with Gasteiger partial charge in [0.25, 0.3) is 0 Å². The first-order chi connectivity index (χ1) is 25.9. The summed E-state index contributed by atoms with van der Waals surface area (Å²) in [6, 6.07) is 8.73. The van der Waals surface area contributed by atoms with Gasteiger partial charge in [-0.2, -0.15) is 0 Å². The first-order valence-corrected chi connectivity index (χ1v) is 19.9. The van der Waals surface area contributed by atoms with Gasteiger partial charge >= 0.3 is 0 Å². The lowest BCUT2D eigenvalue weighted by Gasteiger charge is -2.61. The van der Waals surface area contributed by atoms with Crippen LogP contribution in [0.5, 0.6) is 0 Å². The second-order valence-corrected chi connectivity index (χ2v) is 16.4. The molecule has 1 spiro atoms. The van der Waals surface area contributed by atoms with Gasteiger partial charge in [-0.3, -0.25) is 10.1 Å². The number of ether oxygens (including phenoxy) is 1. The largest absolute Gasteiger partial charge is 0.396 e. The zero-order valence-corrected chi connectivity index (χ0v) is 32.7. The van der Waals surface area contributed by atoms with E-state index >= 15 is 0 Å². The molecule has 1 aromatic rings. The third kappa shape index (κ3) is 8.85. The maximum absolute atomic E-state index is 12.8. The van der Waals surface area contributed by atoms with Gasteiger partial charge in [0.05, 0.1) is 18.3 Å². The average Bonchev–Trinajstić information content (AvgIpc) is 3.50.